The smallest absolute Gasteiger partial charge is 0.248 e. The van der Waals surface area contributed by atoms with Crippen LogP contribution in [0.2, 0.25) is 0 Å². The van der Waals surface area contributed by atoms with Crippen molar-refractivity contribution in [3.05, 3.63) is 60.2 Å². The number of amides is 1. The SMILES string of the molecule is Cc1cc(Nc2ncnc3cc(OCC4CC5(CCCCC5)C4)c(NC(=O)/C=C/CN4CC5(CCC5)C4)cc23)ccc1F. The molecule has 4 aliphatic rings. The maximum atomic E-state index is 13.9. The third kappa shape index (κ3) is 5.99. The molecule has 3 aromatic rings. The molecular weight excluding hydrogens is 541 g/mol. The lowest BCUT2D eigenvalue weighted by atomic mass is 9.56. The number of aryl methyl sites for hydroxylation is 1. The first-order chi connectivity index (χ1) is 20.9. The summed E-state index contributed by atoms with van der Waals surface area (Å²) in [6.45, 7) is 5.45. The van der Waals surface area contributed by atoms with Gasteiger partial charge in [0.15, 0.2) is 0 Å². The van der Waals surface area contributed by atoms with Gasteiger partial charge in [-0.3, -0.25) is 9.69 Å². The third-order valence-electron chi connectivity index (χ3n) is 10.4. The molecule has 0 atom stereocenters. The van der Waals surface area contributed by atoms with E-state index in [1.165, 1.54) is 76.6 Å². The van der Waals surface area contributed by atoms with Crippen molar-refractivity contribution < 1.29 is 13.9 Å². The predicted molar refractivity (Wildman–Crippen MR) is 168 cm³/mol. The van der Waals surface area contributed by atoms with Gasteiger partial charge in [0.05, 0.1) is 17.8 Å². The van der Waals surface area contributed by atoms with Gasteiger partial charge < -0.3 is 15.4 Å². The fourth-order valence-corrected chi connectivity index (χ4v) is 7.97. The van der Waals surface area contributed by atoms with Crippen molar-refractivity contribution in [3.8, 4) is 5.75 Å². The highest BCUT2D eigenvalue weighted by molar-refractivity contribution is 6.03. The fraction of sp³-hybridized carbons (Fsp3) is 0.514. The van der Waals surface area contributed by atoms with Gasteiger partial charge in [-0.25, -0.2) is 14.4 Å². The lowest BCUT2D eigenvalue weighted by Crippen LogP contribution is -2.59. The van der Waals surface area contributed by atoms with E-state index in [1.807, 2.05) is 18.2 Å². The third-order valence-corrected chi connectivity index (χ3v) is 10.4. The van der Waals surface area contributed by atoms with Crippen LogP contribution in [-0.4, -0.2) is 47.0 Å². The van der Waals surface area contributed by atoms with Gasteiger partial charge in [-0.1, -0.05) is 31.8 Å². The maximum Gasteiger partial charge on any atom is 0.248 e. The molecule has 43 heavy (non-hydrogen) atoms. The first-order valence-electron chi connectivity index (χ1n) is 16.0. The zero-order valence-corrected chi connectivity index (χ0v) is 25.1. The number of benzene rings is 2. The normalized spacial score (nSPS) is 21.0. The largest absolute Gasteiger partial charge is 0.491 e. The number of fused-ring (bicyclic) bond motifs is 1. The summed E-state index contributed by atoms with van der Waals surface area (Å²) in [6.07, 6.45) is 18.4. The Bertz CT molecular complexity index is 1530. The summed E-state index contributed by atoms with van der Waals surface area (Å²) < 4.78 is 20.3. The number of carbonyl (C=O) groups is 1. The van der Waals surface area contributed by atoms with E-state index in [1.54, 1.807) is 25.1 Å². The average Bonchev–Trinajstić information content (AvgIpc) is 2.94. The van der Waals surface area contributed by atoms with Gasteiger partial charge in [0.2, 0.25) is 5.91 Å². The minimum Gasteiger partial charge on any atom is -0.491 e. The number of halogens is 1. The maximum absolute atomic E-state index is 13.9. The van der Waals surface area contributed by atoms with Crippen molar-refractivity contribution in [1.82, 2.24) is 14.9 Å². The summed E-state index contributed by atoms with van der Waals surface area (Å²) in [4.78, 5) is 24.5. The Hall–Kier alpha value is -3.52. The van der Waals surface area contributed by atoms with Crippen LogP contribution in [0.3, 0.4) is 0 Å². The standard InChI is InChI=1S/C35H42FN5O2/c1-24-15-26(8-9-28(24)36)39-33-27-16-30(40-32(42)7-5-14-41-21-35(22-41)12-6-13-35)31(17-29(27)37-23-38-33)43-20-25-18-34(19-25)10-3-2-4-11-34/h5,7-9,15-17,23,25H,2-4,6,10-14,18-22H2,1H3,(H,40,42)(H,37,38,39)/b7-5+. The molecule has 4 fully saturated rings. The second-order valence-electron chi connectivity index (χ2n) is 13.7. The van der Waals surface area contributed by atoms with Crippen LogP contribution in [0.5, 0.6) is 5.75 Å². The number of likely N-dealkylation sites (tertiary alicyclic amines) is 1. The van der Waals surface area contributed by atoms with Crippen LogP contribution in [-0.2, 0) is 4.79 Å². The highest BCUT2D eigenvalue weighted by atomic mass is 19.1. The summed E-state index contributed by atoms with van der Waals surface area (Å²) in [5.74, 6) is 1.30. The molecule has 2 aromatic carbocycles. The van der Waals surface area contributed by atoms with Gasteiger partial charge in [0, 0.05) is 42.9 Å². The molecule has 3 aliphatic carbocycles. The number of hydrogen-bond donors (Lipinski definition) is 2. The lowest BCUT2D eigenvalue weighted by molar-refractivity contribution is -0.112. The topological polar surface area (TPSA) is 79.4 Å². The molecule has 1 amide bonds. The molecule has 0 bridgehead atoms. The Kier molecular flexibility index (Phi) is 7.58. The fourth-order valence-electron chi connectivity index (χ4n) is 7.97. The van der Waals surface area contributed by atoms with E-state index in [4.69, 9.17) is 4.74 Å². The quantitative estimate of drug-likeness (QED) is 0.253. The van der Waals surface area contributed by atoms with Crippen LogP contribution in [0, 0.1) is 29.5 Å². The molecule has 1 saturated heterocycles. The van der Waals surface area contributed by atoms with E-state index in [9.17, 15) is 9.18 Å². The molecule has 7 nitrogen and oxygen atoms in total. The van der Waals surface area contributed by atoms with Crippen LogP contribution in [0.1, 0.15) is 69.8 Å². The van der Waals surface area contributed by atoms with Gasteiger partial charge in [-0.05, 0) is 92.0 Å². The highest BCUT2D eigenvalue weighted by Gasteiger charge is 2.46. The van der Waals surface area contributed by atoms with Gasteiger partial charge in [0.1, 0.15) is 23.7 Å². The number of anilines is 3. The number of carbonyl (C=O) groups excluding carboxylic acids is 1. The first kappa shape index (κ1) is 28.3. The average molecular weight is 584 g/mol. The minimum absolute atomic E-state index is 0.187. The summed E-state index contributed by atoms with van der Waals surface area (Å²) in [5, 5.41) is 7.12. The zero-order valence-electron chi connectivity index (χ0n) is 25.1. The molecule has 8 heteroatoms. The molecule has 0 radical (unpaired) electrons. The number of nitrogens with zero attached hydrogens (tertiary/aromatic N) is 3. The Morgan fingerprint density at radius 3 is 2.58 bits per heavy atom. The Balaban J connectivity index is 1.08. The van der Waals surface area contributed by atoms with Crippen molar-refractivity contribution in [2.24, 2.45) is 16.7 Å². The number of aromatic nitrogens is 2. The van der Waals surface area contributed by atoms with E-state index >= 15 is 0 Å². The van der Waals surface area contributed by atoms with Gasteiger partial charge in [-0.2, -0.15) is 0 Å². The number of nitrogens with one attached hydrogen (secondary N) is 2. The Labute approximate surface area is 253 Å². The summed E-state index contributed by atoms with van der Waals surface area (Å²) in [5.41, 5.74) is 3.69. The first-order valence-corrected chi connectivity index (χ1v) is 16.0. The van der Waals surface area contributed by atoms with Crippen LogP contribution in [0.25, 0.3) is 10.9 Å². The van der Waals surface area contributed by atoms with Crippen molar-refractivity contribution in [2.45, 2.75) is 71.1 Å². The van der Waals surface area contributed by atoms with Crippen molar-refractivity contribution in [1.29, 1.82) is 0 Å². The summed E-state index contributed by atoms with van der Waals surface area (Å²) in [7, 11) is 0. The van der Waals surface area contributed by atoms with E-state index in [-0.39, 0.29) is 11.7 Å². The van der Waals surface area contributed by atoms with Crippen LogP contribution < -0.4 is 15.4 Å². The second-order valence-corrected chi connectivity index (χ2v) is 13.7. The Morgan fingerprint density at radius 1 is 1.05 bits per heavy atom. The summed E-state index contributed by atoms with van der Waals surface area (Å²) >= 11 is 0. The minimum atomic E-state index is -0.254. The van der Waals surface area contributed by atoms with Gasteiger partial charge >= 0.3 is 0 Å². The molecule has 2 N–H and O–H groups in total. The highest BCUT2D eigenvalue weighted by Crippen LogP contribution is 2.55. The molecular formula is C35H42FN5O2. The molecule has 2 spiro atoms. The molecule has 2 heterocycles. The molecule has 7 rings (SSSR count). The summed E-state index contributed by atoms with van der Waals surface area (Å²) in [6, 6.07) is 8.65. The van der Waals surface area contributed by atoms with Crippen LogP contribution >= 0.6 is 0 Å². The molecule has 226 valence electrons. The van der Waals surface area contributed by atoms with E-state index in [0.717, 1.165) is 30.7 Å². The van der Waals surface area contributed by atoms with Gasteiger partial charge in [-0.15, -0.1) is 0 Å². The number of rotatable bonds is 9. The Morgan fingerprint density at radius 2 is 1.84 bits per heavy atom. The van der Waals surface area contributed by atoms with Crippen molar-refractivity contribution in [3.63, 3.8) is 0 Å². The van der Waals surface area contributed by atoms with Crippen molar-refractivity contribution in [2.75, 3.05) is 36.9 Å². The zero-order chi connectivity index (χ0) is 29.4. The molecule has 1 aliphatic heterocycles. The number of hydrogen-bond acceptors (Lipinski definition) is 6. The second kappa shape index (κ2) is 11.5. The number of ether oxygens (including phenoxy) is 1. The van der Waals surface area contributed by atoms with Crippen LogP contribution in [0.4, 0.5) is 21.6 Å². The predicted octanol–water partition coefficient (Wildman–Crippen LogP) is 7.54. The molecule has 3 saturated carbocycles. The van der Waals surface area contributed by atoms with E-state index in [2.05, 4.69) is 25.5 Å². The molecule has 1 aromatic heterocycles. The lowest BCUT2D eigenvalue weighted by Gasteiger charge is -2.56. The van der Waals surface area contributed by atoms with Crippen LogP contribution in [0.15, 0.2) is 48.8 Å². The van der Waals surface area contributed by atoms with Crippen molar-refractivity contribution >= 4 is 34.0 Å². The van der Waals surface area contributed by atoms with Gasteiger partial charge in [0.25, 0.3) is 0 Å². The molecule has 0 unspecified atom stereocenters. The monoisotopic (exact) mass is 583 g/mol. The van der Waals surface area contributed by atoms with E-state index < -0.39 is 0 Å². The van der Waals surface area contributed by atoms with E-state index in [0.29, 0.717) is 51.7 Å².